The summed E-state index contributed by atoms with van der Waals surface area (Å²) in [5.74, 6) is 0.847. The van der Waals surface area contributed by atoms with Crippen LogP contribution < -0.4 is 5.73 Å². The summed E-state index contributed by atoms with van der Waals surface area (Å²) in [5, 5.41) is 0.242. The lowest BCUT2D eigenvalue weighted by Gasteiger charge is -2.28. The van der Waals surface area contributed by atoms with Gasteiger partial charge in [0.1, 0.15) is 5.15 Å². The quantitative estimate of drug-likeness (QED) is 0.562. The minimum absolute atomic E-state index is 0.242. The number of carbonyl (C=O) groups excluding carboxylic acids is 1. The van der Waals surface area contributed by atoms with Crippen LogP contribution in [-0.4, -0.2) is 10.9 Å². The number of carbonyl (C=O) groups is 1. The lowest BCUT2D eigenvalue weighted by Crippen LogP contribution is -2.16. The number of hydrogen-bond acceptors (Lipinski definition) is 2. The lowest BCUT2D eigenvalue weighted by atomic mass is 9.78. The Morgan fingerprint density at radius 1 is 1.23 bits per heavy atom. The Labute approximate surface area is 138 Å². The summed E-state index contributed by atoms with van der Waals surface area (Å²) in [5.41, 5.74) is 6.59. The Morgan fingerprint density at radius 3 is 2.55 bits per heavy atom. The maximum atomic E-state index is 11.2. The Morgan fingerprint density at radius 2 is 1.95 bits per heavy atom. The molecule has 0 bridgehead atoms. The van der Waals surface area contributed by atoms with Crippen molar-refractivity contribution in [3.05, 3.63) is 28.5 Å². The largest absolute Gasteiger partial charge is 0.366 e. The third-order valence-electron chi connectivity index (χ3n) is 4.87. The molecular formula is C18H27ClN2O. The van der Waals surface area contributed by atoms with Gasteiger partial charge in [-0.2, -0.15) is 0 Å². The first-order valence-corrected chi connectivity index (χ1v) is 8.95. The molecule has 1 aromatic rings. The number of hydrogen-bond donors (Lipinski definition) is 1. The van der Waals surface area contributed by atoms with E-state index in [4.69, 9.17) is 17.3 Å². The molecule has 2 rings (SSSR count). The molecule has 1 aliphatic carbocycles. The van der Waals surface area contributed by atoms with Crippen LogP contribution in [0.2, 0.25) is 5.15 Å². The molecule has 1 fully saturated rings. The van der Waals surface area contributed by atoms with Crippen LogP contribution in [0, 0.1) is 5.92 Å². The SMILES string of the molecule is CCCCCCC1CCC(c2ccc(C(N)=O)c(Cl)n2)CC1. The first kappa shape index (κ1) is 17.3. The molecule has 0 radical (unpaired) electrons. The van der Waals surface area contributed by atoms with Gasteiger partial charge in [0.2, 0.25) is 0 Å². The van der Waals surface area contributed by atoms with Gasteiger partial charge in [0.05, 0.1) is 5.56 Å². The van der Waals surface area contributed by atoms with Crippen molar-refractivity contribution in [1.82, 2.24) is 4.98 Å². The van der Waals surface area contributed by atoms with Gasteiger partial charge >= 0.3 is 0 Å². The molecule has 1 aliphatic rings. The summed E-state index contributed by atoms with van der Waals surface area (Å²) >= 11 is 6.06. The molecule has 122 valence electrons. The number of nitrogens with two attached hydrogens (primary N) is 1. The molecule has 2 N–H and O–H groups in total. The molecule has 0 aromatic carbocycles. The maximum absolute atomic E-state index is 11.2. The monoisotopic (exact) mass is 322 g/mol. The van der Waals surface area contributed by atoms with Gasteiger partial charge in [-0.3, -0.25) is 4.79 Å². The van der Waals surface area contributed by atoms with Gasteiger partial charge in [-0.25, -0.2) is 4.98 Å². The highest BCUT2D eigenvalue weighted by atomic mass is 35.5. The standard InChI is InChI=1S/C18H27ClN2O/c1-2-3-4-5-6-13-7-9-14(10-8-13)16-12-11-15(18(20)22)17(19)21-16/h11-14H,2-10H2,1H3,(H2,20,22). The topological polar surface area (TPSA) is 56.0 Å². The summed E-state index contributed by atoms with van der Waals surface area (Å²) < 4.78 is 0. The van der Waals surface area contributed by atoms with Gasteiger partial charge in [-0.1, -0.05) is 50.6 Å². The van der Waals surface area contributed by atoms with Crippen molar-refractivity contribution in [2.45, 2.75) is 70.6 Å². The Balaban J connectivity index is 1.84. The van der Waals surface area contributed by atoms with Crippen molar-refractivity contribution < 1.29 is 4.79 Å². The lowest BCUT2D eigenvalue weighted by molar-refractivity contribution is 0.1000. The molecule has 1 saturated carbocycles. The van der Waals surface area contributed by atoms with Crippen LogP contribution in [0.15, 0.2) is 12.1 Å². The van der Waals surface area contributed by atoms with E-state index in [9.17, 15) is 4.79 Å². The Kier molecular flexibility index (Phi) is 6.69. The van der Waals surface area contributed by atoms with E-state index in [-0.39, 0.29) is 5.15 Å². The fourth-order valence-electron chi connectivity index (χ4n) is 3.47. The number of primary amides is 1. The molecule has 1 heterocycles. The highest BCUT2D eigenvalue weighted by molar-refractivity contribution is 6.32. The number of unbranched alkanes of at least 4 members (excludes halogenated alkanes) is 3. The predicted octanol–water partition coefficient (Wildman–Crippen LogP) is 5.08. The maximum Gasteiger partial charge on any atom is 0.251 e. The fourth-order valence-corrected chi connectivity index (χ4v) is 3.72. The molecule has 0 aliphatic heterocycles. The van der Waals surface area contributed by atoms with E-state index in [1.807, 2.05) is 6.07 Å². The molecule has 0 unspecified atom stereocenters. The Bertz CT molecular complexity index is 496. The van der Waals surface area contributed by atoms with Crippen molar-refractivity contribution in [3.8, 4) is 0 Å². The number of rotatable bonds is 7. The zero-order valence-corrected chi connectivity index (χ0v) is 14.2. The summed E-state index contributed by atoms with van der Waals surface area (Å²) in [4.78, 5) is 15.6. The van der Waals surface area contributed by atoms with Crippen LogP contribution in [0.3, 0.4) is 0 Å². The van der Waals surface area contributed by atoms with E-state index in [0.717, 1.165) is 11.6 Å². The zero-order chi connectivity index (χ0) is 15.9. The number of pyridine rings is 1. The highest BCUT2D eigenvalue weighted by Crippen LogP contribution is 2.37. The third-order valence-corrected chi connectivity index (χ3v) is 5.15. The summed E-state index contributed by atoms with van der Waals surface area (Å²) in [6.45, 7) is 2.26. The summed E-state index contributed by atoms with van der Waals surface area (Å²) in [6.07, 6.45) is 11.7. The second kappa shape index (κ2) is 8.52. The second-order valence-electron chi connectivity index (χ2n) is 6.51. The summed E-state index contributed by atoms with van der Waals surface area (Å²) in [6, 6.07) is 3.63. The molecule has 22 heavy (non-hydrogen) atoms. The van der Waals surface area contributed by atoms with E-state index >= 15 is 0 Å². The Hall–Kier alpha value is -1.09. The highest BCUT2D eigenvalue weighted by Gasteiger charge is 2.23. The normalized spacial score (nSPS) is 21.7. The first-order chi connectivity index (χ1) is 10.6. The number of aromatic nitrogens is 1. The number of halogens is 1. The van der Waals surface area contributed by atoms with E-state index in [2.05, 4.69) is 11.9 Å². The van der Waals surface area contributed by atoms with Gasteiger partial charge in [-0.05, 0) is 43.7 Å². The van der Waals surface area contributed by atoms with Gasteiger partial charge in [0, 0.05) is 11.6 Å². The van der Waals surface area contributed by atoms with E-state index < -0.39 is 5.91 Å². The van der Waals surface area contributed by atoms with Crippen molar-refractivity contribution in [3.63, 3.8) is 0 Å². The van der Waals surface area contributed by atoms with Gasteiger partial charge in [-0.15, -0.1) is 0 Å². The van der Waals surface area contributed by atoms with Crippen molar-refractivity contribution >= 4 is 17.5 Å². The van der Waals surface area contributed by atoms with E-state index in [1.165, 1.54) is 57.8 Å². The van der Waals surface area contributed by atoms with Crippen LogP contribution in [0.1, 0.15) is 86.7 Å². The minimum atomic E-state index is -0.514. The molecule has 0 atom stereocenters. The molecular weight excluding hydrogens is 296 g/mol. The molecule has 1 aromatic heterocycles. The first-order valence-electron chi connectivity index (χ1n) is 8.58. The molecule has 3 nitrogen and oxygen atoms in total. The average Bonchev–Trinajstić information content (AvgIpc) is 2.52. The summed E-state index contributed by atoms with van der Waals surface area (Å²) in [7, 11) is 0. The van der Waals surface area contributed by atoms with Crippen molar-refractivity contribution in [2.75, 3.05) is 0 Å². The van der Waals surface area contributed by atoms with Gasteiger partial charge in [0.15, 0.2) is 0 Å². The van der Waals surface area contributed by atoms with Gasteiger partial charge in [0.25, 0.3) is 5.91 Å². The molecule has 0 saturated heterocycles. The van der Waals surface area contributed by atoms with Crippen LogP contribution in [0.5, 0.6) is 0 Å². The van der Waals surface area contributed by atoms with Crippen LogP contribution in [-0.2, 0) is 0 Å². The molecule has 4 heteroatoms. The predicted molar refractivity (Wildman–Crippen MR) is 91.2 cm³/mol. The fraction of sp³-hybridized carbons (Fsp3) is 0.667. The van der Waals surface area contributed by atoms with Gasteiger partial charge < -0.3 is 5.73 Å². The van der Waals surface area contributed by atoms with E-state index in [1.54, 1.807) is 6.07 Å². The van der Waals surface area contributed by atoms with Crippen LogP contribution in [0.4, 0.5) is 0 Å². The van der Waals surface area contributed by atoms with Crippen molar-refractivity contribution in [2.24, 2.45) is 11.7 Å². The van der Waals surface area contributed by atoms with Crippen molar-refractivity contribution in [1.29, 1.82) is 0 Å². The van der Waals surface area contributed by atoms with E-state index in [0.29, 0.717) is 11.5 Å². The minimum Gasteiger partial charge on any atom is -0.366 e. The number of nitrogens with zero attached hydrogens (tertiary/aromatic N) is 1. The van der Waals surface area contributed by atoms with Crippen LogP contribution >= 0.6 is 11.6 Å². The zero-order valence-electron chi connectivity index (χ0n) is 13.5. The third kappa shape index (κ3) is 4.70. The second-order valence-corrected chi connectivity index (χ2v) is 6.86. The molecule has 0 spiro atoms. The number of amides is 1. The molecule has 1 amide bonds. The average molecular weight is 323 g/mol. The van der Waals surface area contributed by atoms with Crippen LogP contribution in [0.25, 0.3) is 0 Å². The smallest absolute Gasteiger partial charge is 0.251 e.